The molecule has 0 rings (SSSR count). The molecule has 0 nitrogen and oxygen atoms in total. The van der Waals surface area contributed by atoms with Crippen LogP contribution in [0.1, 0.15) is 66.2 Å². The predicted molar refractivity (Wildman–Crippen MR) is 67.6 cm³/mol. The molecule has 0 saturated heterocycles. The van der Waals surface area contributed by atoms with Crippen molar-refractivity contribution in [3.8, 4) is 0 Å². The summed E-state index contributed by atoms with van der Waals surface area (Å²) in [6.45, 7) is 8.47. The van der Waals surface area contributed by atoms with Crippen molar-refractivity contribution in [2.45, 2.75) is 76.0 Å². The quantitative estimate of drug-likeness (QED) is 0.414. The molecule has 0 aliphatic carbocycles. The zero-order valence-corrected chi connectivity index (χ0v) is 11.5. The van der Waals surface area contributed by atoms with Crippen LogP contribution in [0.4, 0.5) is 0 Å². The summed E-state index contributed by atoms with van der Waals surface area (Å²) < 4.78 is 0. The van der Waals surface area contributed by atoms with Gasteiger partial charge in [-0.25, -0.2) is 0 Å². The zero-order chi connectivity index (χ0) is 11.2. The summed E-state index contributed by atoms with van der Waals surface area (Å²) in [6.07, 6.45) is 6.83. The van der Waals surface area contributed by atoms with E-state index in [1.807, 2.05) is 0 Å². The molecule has 0 saturated carbocycles. The molecule has 0 aliphatic rings. The summed E-state index contributed by atoms with van der Waals surface area (Å²) in [4.78, 5) is -0.0430. The Labute approximate surface area is 99.4 Å². The monoisotopic (exact) mass is 238 g/mol. The van der Waals surface area contributed by atoms with Crippen LogP contribution in [-0.4, -0.2) is 9.75 Å². The van der Waals surface area contributed by atoms with Gasteiger partial charge in [0.25, 0.3) is 0 Å². The van der Waals surface area contributed by atoms with E-state index in [9.17, 15) is 0 Å². The number of hydrogen-bond acceptors (Lipinski definition) is 0. The molecular weight excluding hydrogens is 215 g/mol. The Morgan fingerprint density at radius 3 is 1.79 bits per heavy atom. The normalized spacial score (nSPS) is 16.7. The van der Waals surface area contributed by atoms with Crippen LogP contribution in [0.2, 0.25) is 0 Å². The van der Waals surface area contributed by atoms with Gasteiger partial charge in [-0.1, -0.05) is 26.2 Å². The molecule has 86 valence electrons. The second kappa shape index (κ2) is 6.23. The molecule has 0 spiro atoms. The molecule has 0 aromatic rings. The third-order valence-corrected chi connectivity index (χ3v) is 3.06. The number of rotatable bonds is 7. The van der Waals surface area contributed by atoms with E-state index in [2.05, 4.69) is 27.7 Å². The first-order chi connectivity index (χ1) is 6.27. The smallest absolute Gasteiger partial charge is 0.0418 e. The summed E-state index contributed by atoms with van der Waals surface area (Å²) in [6, 6.07) is 0. The average Bonchev–Trinajstić information content (AvgIpc) is 1.96. The lowest BCUT2D eigenvalue weighted by Gasteiger charge is -2.22. The highest BCUT2D eigenvalue weighted by Gasteiger charge is 2.19. The Hall–Kier alpha value is 0.580. The molecular formula is C12H24Cl2. The van der Waals surface area contributed by atoms with Crippen LogP contribution in [-0.2, 0) is 0 Å². The fourth-order valence-electron chi connectivity index (χ4n) is 1.69. The minimum absolute atomic E-state index is 0.00516. The van der Waals surface area contributed by atoms with Crippen LogP contribution in [0.15, 0.2) is 0 Å². The van der Waals surface area contributed by atoms with Gasteiger partial charge in [-0.3, -0.25) is 0 Å². The van der Waals surface area contributed by atoms with Crippen molar-refractivity contribution in [3.05, 3.63) is 0 Å². The van der Waals surface area contributed by atoms with Crippen molar-refractivity contribution in [3.63, 3.8) is 0 Å². The minimum Gasteiger partial charge on any atom is -0.120 e. The number of halogens is 2. The van der Waals surface area contributed by atoms with E-state index in [1.54, 1.807) is 0 Å². The van der Waals surface area contributed by atoms with Crippen LogP contribution in [0, 0.1) is 0 Å². The maximum absolute atomic E-state index is 6.35. The van der Waals surface area contributed by atoms with Gasteiger partial charge in [0.15, 0.2) is 0 Å². The summed E-state index contributed by atoms with van der Waals surface area (Å²) in [5, 5.41) is 0. The highest BCUT2D eigenvalue weighted by atomic mass is 35.5. The maximum atomic E-state index is 6.35. The molecule has 1 atom stereocenters. The van der Waals surface area contributed by atoms with E-state index in [1.165, 1.54) is 19.3 Å². The fourth-order valence-corrected chi connectivity index (χ4v) is 2.14. The molecule has 1 unspecified atom stereocenters. The van der Waals surface area contributed by atoms with Gasteiger partial charge < -0.3 is 0 Å². The van der Waals surface area contributed by atoms with Gasteiger partial charge in [-0.2, -0.15) is 0 Å². The number of hydrogen-bond donors (Lipinski definition) is 0. The van der Waals surface area contributed by atoms with Crippen LogP contribution < -0.4 is 0 Å². The van der Waals surface area contributed by atoms with Crippen molar-refractivity contribution in [2.75, 3.05) is 0 Å². The molecule has 14 heavy (non-hydrogen) atoms. The van der Waals surface area contributed by atoms with Gasteiger partial charge in [-0.05, 0) is 40.0 Å². The third-order valence-electron chi connectivity index (χ3n) is 2.49. The largest absolute Gasteiger partial charge is 0.120 e. The minimum atomic E-state index is -0.0481. The zero-order valence-electron chi connectivity index (χ0n) is 10.00. The molecule has 0 radical (unpaired) electrons. The third kappa shape index (κ3) is 9.15. The summed E-state index contributed by atoms with van der Waals surface area (Å²) in [5.74, 6) is 0. The summed E-state index contributed by atoms with van der Waals surface area (Å²) >= 11 is 12.5. The number of unbranched alkanes of at least 4 members (excludes halogenated alkanes) is 1. The molecule has 0 bridgehead atoms. The molecule has 2 heteroatoms. The van der Waals surface area contributed by atoms with E-state index >= 15 is 0 Å². The molecule has 0 fully saturated rings. The Bertz CT molecular complexity index is 145. The van der Waals surface area contributed by atoms with Crippen LogP contribution in [0.25, 0.3) is 0 Å². The first-order valence-corrected chi connectivity index (χ1v) is 6.40. The topological polar surface area (TPSA) is 0 Å². The van der Waals surface area contributed by atoms with Gasteiger partial charge in [0.2, 0.25) is 0 Å². The second-order valence-electron chi connectivity index (χ2n) is 5.09. The van der Waals surface area contributed by atoms with Crippen LogP contribution in [0.3, 0.4) is 0 Å². The predicted octanol–water partition coefficient (Wildman–Crippen LogP) is 5.36. The van der Waals surface area contributed by atoms with Crippen molar-refractivity contribution >= 4 is 23.2 Å². The van der Waals surface area contributed by atoms with Gasteiger partial charge in [0.1, 0.15) is 0 Å². The highest BCUT2D eigenvalue weighted by molar-refractivity contribution is 6.23. The molecule has 0 N–H and O–H groups in total. The SMILES string of the molecule is CCCC(C)(Cl)CCCCC(C)(C)Cl. The fraction of sp³-hybridized carbons (Fsp3) is 1.00. The van der Waals surface area contributed by atoms with Crippen LogP contribution in [0.5, 0.6) is 0 Å². The van der Waals surface area contributed by atoms with Gasteiger partial charge >= 0.3 is 0 Å². The first kappa shape index (κ1) is 14.6. The standard InChI is InChI=1S/C12H24Cl2/c1-5-8-12(4,14)10-7-6-9-11(2,3)13/h5-10H2,1-4H3. The Balaban J connectivity index is 3.54. The lowest BCUT2D eigenvalue weighted by Crippen LogP contribution is -2.16. The van der Waals surface area contributed by atoms with E-state index in [0.29, 0.717) is 0 Å². The second-order valence-corrected chi connectivity index (χ2v) is 7.02. The molecule has 0 aromatic heterocycles. The molecule has 0 aromatic carbocycles. The van der Waals surface area contributed by atoms with Gasteiger partial charge in [-0.15, -0.1) is 23.2 Å². The molecule has 0 aliphatic heterocycles. The van der Waals surface area contributed by atoms with E-state index in [4.69, 9.17) is 23.2 Å². The van der Waals surface area contributed by atoms with Crippen molar-refractivity contribution in [1.82, 2.24) is 0 Å². The van der Waals surface area contributed by atoms with E-state index in [-0.39, 0.29) is 9.75 Å². The van der Waals surface area contributed by atoms with Crippen molar-refractivity contribution in [1.29, 1.82) is 0 Å². The summed E-state index contributed by atoms with van der Waals surface area (Å²) in [7, 11) is 0. The average molecular weight is 239 g/mol. The van der Waals surface area contributed by atoms with E-state index < -0.39 is 0 Å². The first-order valence-electron chi connectivity index (χ1n) is 5.65. The van der Waals surface area contributed by atoms with Gasteiger partial charge in [0, 0.05) is 9.75 Å². The molecule has 0 amide bonds. The maximum Gasteiger partial charge on any atom is 0.0418 e. The Morgan fingerprint density at radius 1 is 0.857 bits per heavy atom. The number of alkyl halides is 2. The molecule has 0 heterocycles. The lowest BCUT2D eigenvalue weighted by atomic mass is 9.96. The van der Waals surface area contributed by atoms with Crippen LogP contribution >= 0.6 is 23.2 Å². The van der Waals surface area contributed by atoms with Crippen molar-refractivity contribution in [2.24, 2.45) is 0 Å². The lowest BCUT2D eigenvalue weighted by molar-refractivity contribution is 0.472. The summed E-state index contributed by atoms with van der Waals surface area (Å²) in [5.41, 5.74) is 0. The van der Waals surface area contributed by atoms with Gasteiger partial charge in [0.05, 0.1) is 0 Å². The Morgan fingerprint density at radius 2 is 1.36 bits per heavy atom. The van der Waals surface area contributed by atoms with E-state index in [0.717, 1.165) is 19.3 Å². The highest BCUT2D eigenvalue weighted by Crippen LogP contribution is 2.29. The van der Waals surface area contributed by atoms with Crippen molar-refractivity contribution < 1.29 is 0 Å². The Kier molecular flexibility index (Phi) is 6.48.